The van der Waals surface area contributed by atoms with Gasteiger partial charge in [0.15, 0.2) is 0 Å². The van der Waals surface area contributed by atoms with Crippen LogP contribution in [0.1, 0.15) is 45.4 Å². The van der Waals surface area contributed by atoms with Gasteiger partial charge in [-0.2, -0.15) is 0 Å². The highest BCUT2D eigenvalue weighted by atomic mass is 16.5. The van der Waals surface area contributed by atoms with Gasteiger partial charge in [0.1, 0.15) is 0 Å². The van der Waals surface area contributed by atoms with E-state index in [1.54, 1.807) is 0 Å². The van der Waals surface area contributed by atoms with Gasteiger partial charge in [0.05, 0.1) is 18.2 Å². The maximum atomic E-state index is 11.8. The Bertz CT molecular complexity index is 372. The molecule has 20 heavy (non-hydrogen) atoms. The molecule has 0 aromatic rings. The molecule has 0 aromatic heterocycles. The molecule has 2 aliphatic carbocycles. The molecule has 0 spiro atoms. The largest absolute Gasteiger partial charge is 0.375 e. The summed E-state index contributed by atoms with van der Waals surface area (Å²) in [5.41, 5.74) is 5.06. The molecule has 3 fully saturated rings. The summed E-state index contributed by atoms with van der Waals surface area (Å²) in [7, 11) is 0. The lowest BCUT2D eigenvalue weighted by molar-refractivity contribution is -0.124. The molecular formula is C15H27N3O2. The van der Waals surface area contributed by atoms with Gasteiger partial charge in [-0.1, -0.05) is 0 Å². The van der Waals surface area contributed by atoms with Crippen molar-refractivity contribution in [2.24, 2.45) is 5.73 Å². The summed E-state index contributed by atoms with van der Waals surface area (Å²) in [6.07, 6.45) is 7.24. The minimum absolute atomic E-state index is 0.222. The van der Waals surface area contributed by atoms with Crippen LogP contribution in [0.15, 0.2) is 0 Å². The molecule has 0 radical (unpaired) electrons. The quantitative estimate of drug-likeness (QED) is 0.749. The van der Waals surface area contributed by atoms with Gasteiger partial charge in [0.2, 0.25) is 5.91 Å². The topological polar surface area (TPSA) is 67.6 Å². The van der Waals surface area contributed by atoms with Gasteiger partial charge in [0, 0.05) is 25.2 Å². The molecule has 3 N–H and O–H groups in total. The van der Waals surface area contributed by atoms with E-state index in [0.29, 0.717) is 18.2 Å². The van der Waals surface area contributed by atoms with Crippen molar-refractivity contribution in [3.63, 3.8) is 0 Å². The first-order valence-corrected chi connectivity index (χ1v) is 8.02. The Morgan fingerprint density at radius 2 is 2.20 bits per heavy atom. The average molecular weight is 281 g/mol. The summed E-state index contributed by atoms with van der Waals surface area (Å²) in [5, 5.41) is 3.43. The van der Waals surface area contributed by atoms with Crippen molar-refractivity contribution in [2.75, 3.05) is 19.7 Å². The van der Waals surface area contributed by atoms with Crippen LogP contribution in [0.5, 0.6) is 0 Å². The summed E-state index contributed by atoms with van der Waals surface area (Å²) >= 11 is 0. The van der Waals surface area contributed by atoms with E-state index in [1.165, 1.54) is 32.1 Å². The van der Waals surface area contributed by atoms with E-state index >= 15 is 0 Å². The third-order valence-corrected chi connectivity index (χ3v) is 5.14. The zero-order valence-corrected chi connectivity index (χ0v) is 12.4. The smallest absolute Gasteiger partial charge is 0.237 e. The SMILES string of the molecule is CC(CCN1CCOC2CCCC21)(NC1CC1)C(N)=O. The van der Waals surface area contributed by atoms with E-state index in [0.717, 1.165) is 26.1 Å². The van der Waals surface area contributed by atoms with Crippen molar-refractivity contribution < 1.29 is 9.53 Å². The predicted molar refractivity (Wildman–Crippen MR) is 77.3 cm³/mol. The number of carbonyl (C=O) groups excluding carboxylic acids is 1. The number of carbonyl (C=O) groups is 1. The Labute approximate surface area is 121 Å². The van der Waals surface area contributed by atoms with Gasteiger partial charge in [-0.15, -0.1) is 0 Å². The van der Waals surface area contributed by atoms with E-state index in [4.69, 9.17) is 10.5 Å². The molecule has 1 amide bonds. The highest BCUT2D eigenvalue weighted by Crippen LogP contribution is 2.30. The van der Waals surface area contributed by atoms with Crippen molar-refractivity contribution in [1.29, 1.82) is 0 Å². The number of amides is 1. The standard InChI is InChI=1S/C15H27N3O2/c1-15(14(16)19,17-11-5-6-11)7-8-18-9-10-20-13-4-2-3-12(13)18/h11-13,17H,2-10H2,1H3,(H2,16,19). The van der Waals surface area contributed by atoms with Crippen LogP contribution in [-0.4, -0.2) is 54.2 Å². The first-order chi connectivity index (χ1) is 9.58. The van der Waals surface area contributed by atoms with Crippen LogP contribution in [-0.2, 0) is 9.53 Å². The number of primary amides is 1. The number of nitrogens with two attached hydrogens (primary N) is 1. The molecule has 2 saturated carbocycles. The second-order valence-electron chi connectivity index (χ2n) is 6.81. The number of fused-ring (bicyclic) bond motifs is 1. The number of nitrogens with zero attached hydrogens (tertiary/aromatic N) is 1. The molecule has 1 saturated heterocycles. The summed E-state index contributed by atoms with van der Waals surface area (Å²) < 4.78 is 5.84. The molecule has 0 aromatic carbocycles. The van der Waals surface area contributed by atoms with Crippen molar-refractivity contribution in [3.8, 4) is 0 Å². The number of rotatable bonds is 6. The van der Waals surface area contributed by atoms with Gasteiger partial charge in [0.25, 0.3) is 0 Å². The predicted octanol–water partition coefficient (Wildman–Crippen LogP) is 0.626. The van der Waals surface area contributed by atoms with Crippen molar-refractivity contribution in [3.05, 3.63) is 0 Å². The van der Waals surface area contributed by atoms with Gasteiger partial charge < -0.3 is 15.8 Å². The van der Waals surface area contributed by atoms with Crippen LogP contribution in [0.3, 0.4) is 0 Å². The van der Waals surface area contributed by atoms with Crippen molar-refractivity contribution in [1.82, 2.24) is 10.2 Å². The molecule has 114 valence electrons. The minimum Gasteiger partial charge on any atom is -0.375 e. The monoisotopic (exact) mass is 281 g/mol. The van der Waals surface area contributed by atoms with Crippen LogP contribution in [0.25, 0.3) is 0 Å². The second-order valence-corrected chi connectivity index (χ2v) is 6.81. The number of hydrogen-bond acceptors (Lipinski definition) is 4. The molecule has 3 unspecified atom stereocenters. The van der Waals surface area contributed by atoms with Crippen LogP contribution >= 0.6 is 0 Å². The van der Waals surface area contributed by atoms with Gasteiger partial charge in [-0.3, -0.25) is 9.69 Å². The number of morpholine rings is 1. The van der Waals surface area contributed by atoms with Crippen LogP contribution in [0.2, 0.25) is 0 Å². The molecule has 5 nitrogen and oxygen atoms in total. The Kier molecular flexibility index (Phi) is 4.02. The van der Waals surface area contributed by atoms with E-state index in [1.807, 2.05) is 6.92 Å². The third kappa shape index (κ3) is 3.00. The third-order valence-electron chi connectivity index (χ3n) is 5.14. The first kappa shape index (κ1) is 14.3. The summed E-state index contributed by atoms with van der Waals surface area (Å²) in [6.45, 7) is 4.70. The van der Waals surface area contributed by atoms with Crippen LogP contribution in [0.4, 0.5) is 0 Å². The van der Waals surface area contributed by atoms with E-state index < -0.39 is 5.54 Å². The molecule has 1 aliphatic heterocycles. The lowest BCUT2D eigenvalue weighted by Crippen LogP contribution is -2.57. The Hall–Kier alpha value is -0.650. The number of hydrogen-bond donors (Lipinski definition) is 2. The highest BCUT2D eigenvalue weighted by molar-refractivity contribution is 5.84. The molecule has 1 heterocycles. The first-order valence-electron chi connectivity index (χ1n) is 8.02. The van der Waals surface area contributed by atoms with Crippen molar-refractivity contribution in [2.45, 2.75) is 69.2 Å². The molecule has 5 heteroatoms. The van der Waals surface area contributed by atoms with Crippen molar-refractivity contribution >= 4 is 5.91 Å². The lowest BCUT2D eigenvalue weighted by atomic mass is 9.95. The maximum absolute atomic E-state index is 11.8. The molecular weight excluding hydrogens is 254 g/mol. The zero-order chi connectivity index (χ0) is 14.2. The lowest BCUT2D eigenvalue weighted by Gasteiger charge is -2.39. The minimum atomic E-state index is -0.562. The van der Waals surface area contributed by atoms with Crippen LogP contribution < -0.4 is 11.1 Å². The molecule has 3 rings (SSSR count). The Balaban J connectivity index is 1.57. The average Bonchev–Trinajstić information content (AvgIpc) is 3.09. The number of ether oxygens (including phenoxy) is 1. The molecule has 3 aliphatic rings. The fourth-order valence-electron chi connectivity index (χ4n) is 3.60. The maximum Gasteiger partial charge on any atom is 0.237 e. The summed E-state index contributed by atoms with van der Waals surface area (Å²) in [6, 6.07) is 1.05. The molecule has 0 bridgehead atoms. The van der Waals surface area contributed by atoms with Gasteiger partial charge in [-0.05, 0) is 45.4 Å². The number of nitrogens with one attached hydrogen (secondary N) is 1. The second kappa shape index (κ2) is 5.62. The van der Waals surface area contributed by atoms with E-state index in [-0.39, 0.29) is 5.91 Å². The van der Waals surface area contributed by atoms with Gasteiger partial charge in [-0.25, -0.2) is 0 Å². The normalized spacial score (nSPS) is 33.6. The molecule has 3 atom stereocenters. The van der Waals surface area contributed by atoms with E-state index in [9.17, 15) is 4.79 Å². The fourth-order valence-corrected chi connectivity index (χ4v) is 3.60. The fraction of sp³-hybridized carbons (Fsp3) is 0.933. The Morgan fingerprint density at radius 3 is 2.90 bits per heavy atom. The summed E-state index contributed by atoms with van der Waals surface area (Å²) in [5.74, 6) is -0.222. The van der Waals surface area contributed by atoms with Crippen LogP contribution in [0, 0.1) is 0 Å². The van der Waals surface area contributed by atoms with E-state index in [2.05, 4.69) is 10.2 Å². The zero-order valence-electron chi connectivity index (χ0n) is 12.4. The Morgan fingerprint density at radius 1 is 1.40 bits per heavy atom. The van der Waals surface area contributed by atoms with Gasteiger partial charge >= 0.3 is 0 Å². The highest BCUT2D eigenvalue weighted by Gasteiger charge is 2.40. The summed E-state index contributed by atoms with van der Waals surface area (Å²) in [4.78, 5) is 14.3.